The molecule has 1 aromatic carbocycles. The average molecular weight is 288 g/mol. The van der Waals surface area contributed by atoms with E-state index in [0.717, 1.165) is 5.56 Å². The minimum absolute atomic E-state index is 0.109. The second kappa shape index (κ2) is 7.13. The van der Waals surface area contributed by atoms with Gasteiger partial charge in [0.25, 0.3) is 0 Å². The molecule has 0 atom stereocenters. The van der Waals surface area contributed by atoms with E-state index < -0.39 is 10.4 Å². The predicted molar refractivity (Wildman–Crippen MR) is 70.7 cm³/mol. The van der Waals surface area contributed by atoms with Crippen LogP contribution < -0.4 is 9.47 Å². The molecule has 0 radical (unpaired) electrons. The van der Waals surface area contributed by atoms with Crippen molar-refractivity contribution in [2.24, 2.45) is 0 Å². The first-order chi connectivity index (χ1) is 8.96. The van der Waals surface area contributed by atoms with E-state index in [1.54, 1.807) is 38.5 Å². The SMILES string of the molecule is COc1ccc(C=CCCOS(=O)(=O)O)cc1OC. The minimum atomic E-state index is -4.36. The maximum absolute atomic E-state index is 10.3. The lowest BCUT2D eigenvalue weighted by molar-refractivity contribution is 0.273. The number of hydrogen-bond donors (Lipinski definition) is 1. The van der Waals surface area contributed by atoms with Crippen molar-refractivity contribution in [3.8, 4) is 11.5 Å². The predicted octanol–water partition coefficient (Wildman–Crippen LogP) is 1.93. The van der Waals surface area contributed by atoms with Gasteiger partial charge in [0, 0.05) is 0 Å². The summed E-state index contributed by atoms with van der Waals surface area (Å²) in [5, 5.41) is 0. The first kappa shape index (κ1) is 15.5. The van der Waals surface area contributed by atoms with Crippen molar-refractivity contribution < 1.29 is 26.6 Å². The Morgan fingerprint density at radius 3 is 2.47 bits per heavy atom. The molecule has 1 aromatic rings. The molecule has 106 valence electrons. The van der Waals surface area contributed by atoms with Gasteiger partial charge in [0.1, 0.15) is 0 Å². The molecule has 0 bridgehead atoms. The third kappa shape index (κ3) is 5.73. The van der Waals surface area contributed by atoms with Crippen LogP contribution in [0.4, 0.5) is 0 Å². The molecule has 0 amide bonds. The van der Waals surface area contributed by atoms with Crippen LogP contribution in [0.5, 0.6) is 11.5 Å². The summed E-state index contributed by atoms with van der Waals surface area (Å²) >= 11 is 0. The third-order valence-electron chi connectivity index (χ3n) is 2.23. The van der Waals surface area contributed by atoms with Gasteiger partial charge >= 0.3 is 10.4 Å². The minimum Gasteiger partial charge on any atom is -0.493 e. The van der Waals surface area contributed by atoms with E-state index >= 15 is 0 Å². The summed E-state index contributed by atoms with van der Waals surface area (Å²) in [4.78, 5) is 0. The van der Waals surface area contributed by atoms with E-state index in [4.69, 9.17) is 14.0 Å². The molecular weight excluding hydrogens is 272 g/mol. The Kier molecular flexibility index (Phi) is 5.81. The van der Waals surface area contributed by atoms with E-state index in [9.17, 15) is 8.42 Å². The quantitative estimate of drug-likeness (QED) is 0.610. The van der Waals surface area contributed by atoms with Crippen molar-refractivity contribution in [3.63, 3.8) is 0 Å². The fraction of sp³-hybridized carbons (Fsp3) is 0.333. The van der Waals surface area contributed by atoms with Gasteiger partial charge in [-0.05, 0) is 24.1 Å². The van der Waals surface area contributed by atoms with E-state index in [1.165, 1.54) is 0 Å². The number of ether oxygens (including phenoxy) is 2. The normalized spacial score (nSPS) is 11.7. The lowest BCUT2D eigenvalue weighted by Crippen LogP contribution is -2.03. The van der Waals surface area contributed by atoms with Crippen LogP contribution in [0.25, 0.3) is 6.08 Å². The van der Waals surface area contributed by atoms with Gasteiger partial charge in [-0.25, -0.2) is 4.18 Å². The Bertz CT molecular complexity index is 535. The van der Waals surface area contributed by atoms with Gasteiger partial charge in [-0.3, -0.25) is 4.55 Å². The number of rotatable bonds is 7. The molecule has 0 saturated heterocycles. The first-order valence-corrected chi connectivity index (χ1v) is 6.83. The van der Waals surface area contributed by atoms with Crippen molar-refractivity contribution >= 4 is 16.5 Å². The first-order valence-electron chi connectivity index (χ1n) is 5.46. The van der Waals surface area contributed by atoms with Crippen molar-refractivity contribution in [1.29, 1.82) is 0 Å². The summed E-state index contributed by atoms with van der Waals surface area (Å²) in [7, 11) is -1.26. The third-order valence-corrected chi connectivity index (χ3v) is 2.70. The summed E-state index contributed by atoms with van der Waals surface area (Å²) in [6.07, 6.45) is 3.87. The molecule has 0 aromatic heterocycles. The summed E-state index contributed by atoms with van der Waals surface area (Å²) < 4.78 is 43.4. The monoisotopic (exact) mass is 288 g/mol. The van der Waals surface area contributed by atoms with E-state index in [0.29, 0.717) is 17.9 Å². The van der Waals surface area contributed by atoms with E-state index in [1.807, 2.05) is 6.07 Å². The summed E-state index contributed by atoms with van der Waals surface area (Å²) in [6, 6.07) is 5.40. The zero-order valence-corrected chi connectivity index (χ0v) is 11.5. The van der Waals surface area contributed by atoms with Crippen LogP contribution in [0.2, 0.25) is 0 Å². The number of hydrogen-bond acceptors (Lipinski definition) is 5. The summed E-state index contributed by atoms with van der Waals surface area (Å²) in [5.74, 6) is 1.24. The van der Waals surface area contributed by atoms with E-state index in [2.05, 4.69) is 4.18 Å². The molecule has 0 fully saturated rings. The second-order valence-electron chi connectivity index (χ2n) is 3.56. The Morgan fingerprint density at radius 1 is 1.21 bits per heavy atom. The van der Waals surface area contributed by atoms with Crippen LogP contribution in [0.15, 0.2) is 24.3 Å². The molecule has 0 aliphatic heterocycles. The van der Waals surface area contributed by atoms with Crippen LogP contribution in [-0.2, 0) is 14.6 Å². The molecule has 7 heteroatoms. The zero-order valence-electron chi connectivity index (χ0n) is 10.7. The van der Waals surface area contributed by atoms with E-state index in [-0.39, 0.29) is 6.61 Å². The van der Waals surface area contributed by atoms with Crippen molar-refractivity contribution in [3.05, 3.63) is 29.8 Å². The van der Waals surface area contributed by atoms with Crippen LogP contribution in [-0.4, -0.2) is 33.8 Å². The fourth-order valence-electron chi connectivity index (χ4n) is 1.40. The Hall–Kier alpha value is -1.57. The Balaban J connectivity index is 2.57. The lowest BCUT2D eigenvalue weighted by atomic mass is 10.2. The number of benzene rings is 1. The maximum atomic E-state index is 10.3. The standard InChI is InChI=1S/C12H16O6S/c1-16-11-7-6-10(9-12(11)17-2)5-3-4-8-18-19(13,14)15/h3,5-7,9H,4,8H2,1-2H3,(H,13,14,15). The van der Waals surface area contributed by atoms with Gasteiger partial charge in [-0.15, -0.1) is 0 Å². The zero-order chi connectivity index (χ0) is 14.3. The topological polar surface area (TPSA) is 82.1 Å². The average Bonchev–Trinajstić information content (AvgIpc) is 2.36. The highest BCUT2D eigenvalue weighted by Gasteiger charge is 2.03. The highest BCUT2D eigenvalue weighted by Crippen LogP contribution is 2.27. The fourth-order valence-corrected chi connectivity index (χ4v) is 1.70. The van der Waals surface area contributed by atoms with Crippen molar-refractivity contribution in [2.45, 2.75) is 6.42 Å². The highest BCUT2D eigenvalue weighted by molar-refractivity contribution is 7.80. The molecule has 0 saturated carbocycles. The van der Waals surface area contributed by atoms with Crippen molar-refractivity contribution in [2.75, 3.05) is 20.8 Å². The van der Waals surface area contributed by atoms with Gasteiger partial charge < -0.3 is 9.47 Å². The van der Waals surface area contributed by atoms with Crippen LogP contribution in [0.3, 0.4) is 0 Å². The van der Waals surface area contributed by atoms with Gasteiger partial charge in [-0.2, -0.15) is 8.42 Å². The molecule has 0 spiro atoms. The van der Waals surface area contributed by atoms with Gasteiger partial charge in [0.15, 0.2) is 11.5 Å². The summed E-state index contributed by atoms with van der Waals surface area (Å²) in [5.41, 5.74) is 0.879. The van der Waals surface area contributed by atoms with Crippen molar-refractivity contribution in [1.82, 2.24) is 0 Å². The van der Waals surface area contributed by atoms with Crippen LogP contribution in [0, 0.1) is 0 Å². The Labute approximate surface area is 112 Å². The Morgan fingerprint density at radius 2 is 1.89 bits per heavy atom. The smallest absolute Gasteiger partial charge is 0.397 e. The van der Waals surface area contributed by atoms with Gasteiger partial charge in [-0.1, -0.05) is 18.2 Å². The molecule has 0 aliphatic rings. The summed E-state index contributed by atoms with van der Waals surface area (Å²) in [6.45, 7) is -0.109. The highest BCUT2D eigenvalue weighted by atomic mass is 32.3. The molecular formula is C12H16O6S. The largest absolute Gasteiger partial charge is 0.493 e. The van der Waals surface area contributed by atoms with Crippen LogP contribution >= 0.6 is 0 Å². The molecule has 0 heterocycles. The molecule has 19 heavy (non-hydrogen) atoms. The molecule has 0 unspecified atom stereocenters. The molecule has 1 rings (SSSR count). The second-order valence-corrected chi connectivity index (χ2v) is 4.65. The van der Waals surface area contributed by atoms with Gasteiger partial charge in [0.05, 0.1) is 20.8 Å². The molecule has 0 aliphatic carbocycles. The van der Waals surface area contributed by atoms with Gasteiger partial charge in [0.2, 0.25) is 0 Å². The number of methoxy groups -OCH3 is 2. The van der Waals surface area contributed by atoms with Crippen LogP contribution in [0.1, 0.15) is 12.0 Å². The maximum Gasteiger partial charge on any atom is 0.397 e. The molecule has 1 N–H and O–H groups in total. The lowest BCUT2D eigenvalue weighted by Gasteiger charge is -2.07. The molecule has 6 nitrogen and oxygen atoms in total.